The van der Waals surface area contributed by atoms with Gasteiger partial charge in [-0.1, -0.05) is 18.2 Å². The van der Waals surface area contributed by atoms with Crippen LogP contribution in [0.2, 0.25) is 0 Å². The van der Waals surface area contributed by atoms with Gasteiger partial charge in [0, 0.05) is 5.56 Å². The van der Waals surface area contributed by atoms with Crippen LogP contribution in [-0.4, -0.2) is 46.5 Å². The molecule has 150 valence electrons. The van der Waals surface area contributed by atoms with Crippen LogP contribution in [0, 0.1) is 0 Å². The molecule has 0 spiro atoms. The largest absolute Gasteiger partial charge is 0.271 e. The Morgan fingerprint density at radius 2 is 1.69 bits per heavy atom. The summed E-state index contributed by atoms with van der Waals surface area (Å²) < 4.78 is 28.1. The molecule has 2 aromatic carbocycles. The summed E-state index contributed by atoms with van der Waals surface area (Å²) in [6.07, 6.45) is 1.41. The fourth-order valence-corrected chi connectivity index (χ4v) is 3.52. The Hall–Kier alpha value is -3.64. The first-order valence-corrected chi connectivity index (χ1v) is 9.86. The Morgan fingerprint density at radius 1 is 1.00 bits per heavy atom. The molecule has 0 aliphatic heterocycles. The molecule has 1 atom stereocenters. The van der Waals surface area contributed by atoms with Crippen molar-refractivity contribution in [2.24, 2.45) is 0 Å². The maximum absolute atomic E-state index is 12.2. The van der Waals surface area contributed by atoms with Crippen molar-refractivity contribution in [1.29, 1.82) is 0 Å². The summed E-state index contributed by atoms with van der Waals surface area (Å²) in [6.45, 7) is 1.36. The second-order valence-electron chi connectivity index (χ2n) is 5.90. The predicted molar refractivity (Wildman–Crippen MR) is 101 cm³/mol. The number of aromatic nitrogens is 4. The summed E-state index contributed by atoms with van der Waals surface area (Å²) in [7, 11) is -3.86. The fraction of sp³-hybridized carbons (Fsp3) is 0.118. The van der Waals surface area contributed by atoms with Gasteiger partial charge >= 0.3 is 0 Å². The molecule has 12 heteroatoms. The first-order chi connectivity index (χ1) is 13.9. The van der Waals surface area contributed by atoms with E-state index in [1.165, 1.54) is 42.2 Å². The van der Waals surface area contributed by atoms with Gasteiger partial charge in [-0.2, -0.15) is 4.72 Å². The highest BCUT2D eigenvalue weighted by Gasteiger charge is 2.22. The van der Waals surface area contributed by atoms with E-state index in [-0.39, 0.29) is 10.5 Å². The number of carbonyl (C=O) groups is 2. The molecule has 0 saturated carbocycles. The fourth-order valence-electron chi connectivity index (χ4n) is 2.30. The van der Waals surface area contributed by atoms with E-state index in [9.17, 15) is 18.0 Å². The number of benzene rings is 2. The molecule has 0 radical (unpaired) electrons. The van der Waals surface area contributed by atoms with Crippen molar-refractivity contribution < 1.29 is 18.0 Å². The van der Waals surface area contributed by atoms with E-state index in [4.69, 9.17) is 0 Å². The van der Waals surface area contributed by atoms with Crippen LogP contribution in [-0.2, 0) is 14.8 Å². The predicted octanol–water partition coefficient (Wildman–Crippen LogP) is -0.210. The van der Waals surface area contributed by atoms with Crippen molar-refractivity contribution in [3.05, 3.63) is 66.5 Å². The highest BCUT2D eigenvalue weighted by molar-refractivity contribution is 7.89. The lowest BCUT2D eigenvalue weighted by Crippen LogP contribution is -2.51. The van der Waals surface area contributed by atoms with Gasteiger partial charge in [0.25, 0.3) is 11.8 Å². The van der Waals surface area contributed by atoms with E-state index in [0.29, 0.717) is 5.69 Å². The molecule has 0 aliphatic rings. The zero-order valence-corrected chi connectivity index (χ0v) is 16.0. The van der Waals surface area contributed by atoms with Gasteiger partial charge in [-0.3, -0.25) is 20.4 Å². The third-order valence-corrected chi connectivity index (χ3v) is 5.38. The number of carbonyl (C=O) groups excluding carboxylic acids is 2. The molecule has 29 heavy (non-hydrogen) atoms. The average Bonchev–Trinajstić information content (AvgIpc) is 3.27. The van der Waals surface area contributed by atoms with E-state index in [1.807, 2.05) is 0 Å². The minimum Gasteiger partial charge on any atom is -0.271 e. The first-order valence-electron chi connectivity index (χ1n) is 8.38. The van der Waals surface area contributed by atoms with Crippen molar-refractivity contribution in [3.8, 4) is 5.69 Å². The number of hydrogen-bond acceptors (Lipinski definition) is 7. The Kier molecular flexibility index (Phi) is 5.95. The number of tetrazole rings is 1. The third-order valence-electron chi connectivity index (χ3n) is 3.82. The van der Waals surface area contributed by atoms with Gasteiger partial charge in [0.1, 0.15) is 6.33 Å². The number of hydrogen-bond donors (Lipinski definition) is 3. The van der Waals surface area contributed by atoms with Crippen LogP contribution < -0.4 is 15.6 Å². The molecule has 3 rings (SSSR count). The number of amides is 2. The monoisotopic (exact) mass is 415 g/mol. The standard InChI is InChI=1S/C17H17N7O4S/c1-12(21-29(27,28)15-5-3-2-4-6-15)16(25)19-20-17(26)13-7-9-14(10-8-13)24-11-18-22-23-24/h2-12,21H,1H3,(H,19,25)(H,20,26). The van der Waals surface area contributed by atoms with Crippen molar-refractivity contribution in [2.75, 3.05) is 0 Å². The number of nitrogens with one attached hydrogen (secondary N) is 3. The topological polar surface area (TPSA) is 148 Å². The summed E-state index contributed by atoms with van der Waals surface area (Å²) in [6, 6.07) is 12.9. The first kappa shape index (κ1) is 20.1. The average molecular weight is 415 g/mol. The zero-order valence-electron chi connectivity index (χ0n) is 15.2. The number of hydrazine groups is 1. The molecule has 2 amide bonds. The highest BCUT2D eigenvalue weighted by atomic mass is 32.2. The van der Waals surface area contributed by atoms with Crippen LogP contribution in [0.1, 0.15) is 17.3 Å². The van der Waals surface area contributed by atoms with Crippen LogP contribution in [0.3, 0.4) is 0 Å². The molecular weight excluding hydrogens is 398 g/mol. The quantitative estimate of drug-likeness (QED) is 0.472. The molecule has 1 unspecified atom stereocenters. The van der Waals surface area contributed by atoms with Gasteiger partial charge in [0.05, 0.1) is 16.6 Å². The second kappa shape index (κ2) is 8.58. The molecular formula is C17H17N7O4S. The third kappa shape index (κ3) is 5.00. The molecule has 3 aromatic rings. The summed E-state index contributed by atoms with van der Waals surface area (Å²) in [4.78, 5) is 24.3. The van der Waals surface area contributed by atoms with Crippen LogP contribution in [0.15, 0.2) is 65.8 Å². The van der Waals surface area contributed by atoms with Crippen LogP contribution in [0.5, 0.6) is 0 Å². The van der Waals surface area contributed by atoms with E-state index in [0.717, 1.165) is 0 Å². The lowest BCUT2D eigenvalue weighted by atomic mass is 10.2. The van der Waals surface area contributed by atoms with Gasteiger partial charge in [-0.25, -0.2) is 13.1 Å². The van der Waals surface area contributed by atoms with Gasteiger partial charge < -0.3 is 0 Å². The van der Waals surface area contributed by atoms with E-state index >= 15 is 0 Å². The molecule has 3 N–H and O–H groups in total. The zero-order chi connectivity index (χ0) is 20.9. The molecule has 0 bridgehead atoms. The lowest BCUT2D eigenvalue weighted by molar-refractivity contribution is -0.123. The van der Waals surface area contributed by atoms with E-state index in [2.05, 4.69) is 31.1 Å². The molecule has 0 saturated heterocycles. The van der Waals surface area contributed by atoms with Gasteiger partial charge in [-0.05, 0) is 53.7 Å². The molecule has 1 heterocycles. The number of nitrogens with zero attached hydrogens (tertiary/aromatic N) is 4. The Bertz CT molecular complexity index is 1080. The number of rotatable bonds is 6. The summed E-state index contributed by atoms with van der Waals surface area (Å²) >= 11 is 0. The Morgan fingerprint density at radius 3 is 2.31 bits per heavy atom. The minimum absolute atomic E-state index is 0.0337. The van der Waals surface area contributed by atoms with Crippen molar-refractivity contribution in [2.45, 2.75) is 17.9 Å². The van der Waals surface area contributed by atoms with Crippen molar-refractivity contribution in [3.63, 3.8) is 0 Å². The summed E-state index contributed by atoms with van der Waals surface area (Å²) in [5, 5.41) is 10.8. The van der Waals surface area contributed by atoms with Crippen molar-refractivity contribution in [1.82, 2.24) is 35.8 Å². The smallest absolute Gasteiger partial charge is 0.269 e. The maximum Gasteiger partial charge on any atom is 0.269 e. The Labute approximate surface area is 166 Å². The lowest BCUT2D eigenvalue weighted by Gasteiger charge is -2.15. The van der Waals surface area contributed by atoms with Gasteiger partial charge in [0.2, 0.25) is 10.0 Å². The van der Waals surface area contributed by atoms with Gasteiger partial charge in [-0.15, -0.1) is 5.10 Å². The van der Waals surface area contributed by atoms with Gasteiger partial charge in [0.15, 0.2) is 0 Å². The minimum atomic E-state index is -3.86. The summed E-state index contributed by atoms with van der Waals surface area (Å²) in [5.74, 6) is -1.29. The van der Waals surface area contributed by atoms with E-state index in [1.54, 1.807) is 30.3 Å². The molecule has 0 aliphatic carbocycles. The molecule has 11 nitrogen and oxygen atoms in total. The van der Waals surface area contributed by atoms with Crippen LogP contribution in [0.4, 0.5) is 0 Å². The number of sulfonamides is 1. The normalized spacial score (nSPS) is 12.2. The SMILES string of the molecule is CC(NS(=O)(=O)c1ccccc1)C(=O)NNC(=O)c1ccc(-n2cnnn2)cc1. The second-order valence-corrected chi connectivity index (χ2v) is 7.61. The maximum atomic E-state index is 12.2. The van der Waals surface area contributed by atoms with Crippen LogP contribution in [0.25, 0.3) is 5.69 Å². The van der Waals surface area contributed by atoms with Crippen LogP contribution >= 0.6 is 0 Å². The Balaban J connectivity index is 1.55. The van der Waals surface area contributed by atoms with E-state index < -0.39 is 27.9 Å². The van der Waals surface area contributed by atoms with Crippen molar-refractivity contribution >= 4 is 21.8 Å². The molecule has 0 fully saturated rings. The molecule has 1 aromatic heterocycles. The highest BCUT2D eigenvalue weighted by Crippen LogP contribution is 2.09. The summed E-state index contributed by atoms with van der Waals surface area (Å²) in [5.41, 5.74) is 5.36.